The number of sulfone groups is 1. The van der Waals surface area contributed by atoms with E-state index in [9.17, 15) is 17.6 Å². The van der Waals surface area contributed by atoms with Gasteiger partial charge in [-0.15, -0.1) is 0 Å². The van der Waals surface area contributed by atoms with Gasteiger partial charge in [-0.3, -0.25) is 4.79 Å². The Morgan fingerprint density at radius 3 is 2.80 bits per heavy atom. The van der Waals surface area contributed by atoms with E-state index in [4.69, 9.17) is 11.6 Å². The van der Waals surface area contributed by atoms with E-state index >= 15 is 0 Å². The van der Waals surface area contributed by atoms with Crippen LogP contribution in [0.15, 0.2) is 23.2 Å². The molecule has 1 aromatic carbocycles. The van der Waals surface area contributed by atoms with Crippen molar-refractivity contribution in [1.29, 1.82) is 0 Å². The van der Waals surface area contributed by atoms with E-state index in [2.05, 4.69) is 4.99 Å². The highest BCUT2D eigenvalue weighted by molar-refractivity contribution is 8.16. The minimum atomic E-state index is -3.15. The van der Waals surface area contributed by atoms with Gasteiger partial charge in [0.25, 0.3) is 0 Å². The van der Waals surface area contributed by atoms with E-state index in [1.165, 1.54) is 30.0 Å². The summed E-state index contributed by atoms with van der Waals surface area (Å²) in [4.78, 5) is 18.0. The van der Waals surface area contributed by atoms with Crippen LogP contribution in [0, 0.1) is 11.7 Å². The molecule has 0 N–H and O–H groups in total. The molecule has 3 rings (SSSR count). The van der Waals surface area contributed by atoms with Crippen molar-refractivity contribution in [2.24, 2.45) is 10.9 Å². The quantitative estimate of drug-likeness (QED) is 0.774. The van der Waals surface area contributed by atoms with Crippen LogP contribution < -0.4 is 4.90 Å². The number of halogens is 2. The molecule has 1 aromatic rings. The molecule has 5 nitrogen and oxygen atoms in total. The molecule has 136 valence electrons. The summed E-state index contributed by atoms with van der Waals surface area (Å²) in [5, 5.41) is 0.206. The van der Waals surface area contributed by atoms with Crippen LogP contribution in [0.5, 0.6) is 0 Å². The number of fused-ring (bicyclic) bond motifs is 1. The van der Waals surface area contributed by atoms with Crippen molar-refractivity contribution in [2.45, 2.75) is 31.6 Å². The predicted octanol–water partition coefficient (Wildman–Crippen LogP) is 3.13. The summed E-state index contributed by atoms with van der Waals surface area (Å²) in [6.07, 6.45) is 0.315. The van der Waals surface area contributed by atoms with Crippen LogP contribution >= 0.6 is 23.4 Å². The number of hydrogen-bond donors (Lipinski definition) is 0. The summed E-state index contributed by atoms with van der Waals surface area (Å²) < 4.78 is 37.5. The number of carbonyl (C=O) groups excluding carboxylic acids is 1. The lowest BCUT2D eigenvalue weighted by Gasteiger charge is -2.24. The predicted molar refractivity (Wildman–Crippen MR) is 99.6 cm³/mol. The number of rotatable bonds is 3. The topological polar surface area (TPSA) is 66.8 Å². The second-order valence-electron chi connectivity index (χ2n) is 6.66. The first kappa shape index (κ1) is 18.7. The summed E-state index contributed by atoms with van der Waals surface area (Å²) in [5.41, 5.74) is 0.541. The van der Waals surface area contributed by atoms with Crippen LogP contribution in [0.2, 0.25) is 5.02 Å². The Kier molecular flexibility index (Phi) is 5.14. The van der Waals surface area contributed by atoms with Gasteiger partial charge in [-0.2, -0.15) is 4.99 Å². The summed E-state index contributed by atoms with van der Waals surface area (Å²) in [6.45, 7) is 3.86. The van der Waals surface area contributed by atoms with Crippen LogP contribution in [-0.4, -0.2) is 42.3 Å². The smallest absolute Gasteiger partial charge is 0.248 e. The maximum atomic E-state index is 13.5. The standard InChI is InChI=1S/C16H18ClFN2O3S2/c1-9(2)5-15(21)19-16-20(10-3-4-12(18)11(17)6-10)13-7-25(22,23)8-14(13)24-16/h3-4,6,9,13-14H,5,7-8H2,1-2H3. The Bertz CT molecular complexity index is 842. The number of amidine groups is 1. The first-order valence-corrected chi connectivity index (χ1v) is 11.0. The molecule has 2 aliphatic heterocycles. The van der Waals surface area contributed by atoms with Gasteiger partial charge >= 0.3 is 0 Å². The first-order valence-electron chi connectivity index (χ1n) is 7.89. The van der Waals surface area contributed by atoms with E-state index in [-0.39, 0.29) is 39.6 Å². The van der Waals surface area contributed by atoms with Gasteiger partial charge in [0.15, 0.2) is 15.0 Å². The second kappa shape index (κ2) is 6.89. The molecule has 2 aliphatic rings. The normalized spacial score (nSPS) is 26.4. The van der Waals surface area contributed by atoms with Crippen LogP contribution in [0.4, 0.5) is 10.1 Å². The lowest BCUT2D eigenvalue weighted by atomic mass is 10.1. The Hall–Kier alpha value is -1.12. The molecule has 0 spiro atoms. The van der Waals surface area contributed by atoms with Gasteiger partial charge in [-0.1, -0.05) is 37.2 Å². The third-order valence-corrected chi connectivity index (χ3v) is 7.55. The maximum Gasteiger partial charge on any atom is 0.248 e. The Morgan fingerprint density at radius 1 is 1.44 bits per heavy atom. The first-order chi connectivity index (χ1) is 11.7. The highest BCUT2D eigenvalue weighted by Gasteiger charge is 2.49. The van der Waals surface area contributed by atoms with E-state index in [0.29, 0.717) is 17.3 Å². The van der Waals surface area contributed by atoms with Crippen molar-refractivity contribution in [3.63, 3.8) is 0 Å². The number of hydrogen-bond acceptors (Lipinski definition) is 4. The molecule has 2 unspecified atom stereocenters. The van der Waals surface area contributed by atoms with Gasteiger partial charge in [0, 0.05) is 17.4 Å². The van der Waals surface area contributed by atoms with Gasteiger partial charge in [-0.25, -0.2) is 12.8 Å². The van der Waals surface area contributed by atoms with Crippen LogP contribution in [-0.2, 0) is 14.6 Å². The Labute approximate surface area is 155 Å². The fourth-order valence-electron chi connectivity index (χ4n) is 3.00. The molecule has 2 heterocycles. The summed E-state index contributed by atoms with van der Waals surface area (Å²) in [7, 11) is -3.15. The van der Waals surface area contributed by atoms with E-state index in [1.54, 1.807) is 4.90 Å². The average Bonchev–Trinajstić information content (AvgIpc) is 2.92. The van der Waals surface area contributed by atoms with Crippen molar-refractivity contribution in [1.82, 2.24) is 0 Å². The van der Waals surface area contributed by atoms with Crippen LogP contribution in [0.1, 0.15) is 20.3 Å². The lowest BCUT2D eigenvalue weighted by molar-refractivity contribution is -0.118. The lowest BCUT2D eigenvalue weighted by Crippen LogP contribution is -2.37. The summed E-state index contributed by atoms with van der Waals surface area (Å²) >= 11 is 7.17. The molecule has 0 radical (unpaired) electrons. The van der Waals surface area contributed by atoms with Gasteiger partial charge < -0.3 is 4.90 Å². The molecule has 2 fully saturated rings. The third-order valence-electron chi connectivity index (χ3n) is 4.05. The zero-order valence-corrected chi connectivity index (χ0v) is 16.2. The largest absolute Gasteiger partial charge is 0.316 e. The minimum absolute atomic E-state index is 0.0168. The molecule has 2 saturated heterocycles. The fraction of sp³-hybridized carbons (Fsp3) is 0.500. The monoisotopic (exact) mass is 404 g/mol. The molecule has 0 aromatic heterocycles. The number of amides is 1. The van der Waals surface area contributed by atoms with Gasteiger partial charge in [0.2, 0.25) is 5.91 Å². The molecular weight excluding hydrogens is 387 g/mol. The number of benzene rings is 1. The van der Waals surface area contributed by atoms with E-state index in [1.807, 2.05) is 13.8 Å². The highest BCUT2D eigenvalue weighted by Crippen LogP contribution is 2.41. The number of thioether (sulfide) groups is 1. The fourth-order valence-corrected chi connectivity index (χ4v) is 7.11. The zero-order chi connectivity index (χ0) is 18.4. The van der Waals surface area contributed by atoms with Crippen molar-refractivity contribution < 1.29 is 17.6 Å². The third kappa shape index (κ3) is 4.01. The number of carbonyl (C=O) groups is 1. The molecule has 25 heavy (non-hydrogen) atoms. The molecule has 1 amide bonds. The van der Waals surface area contributed by atoms with E-state index < -0.39 is 15.7 Å². The molecule has 2 atom stereocenters. The van der Waals surface area contributed by atoms with E-state index in [0.717, 1.165) is 0 Å². The maximum absolute atomic E-state index is 13.5. The molecule has 0 aliphatic carbocycles. The van der Waals surface area contributed by atoms with Crippen molar-refractivity contribution in [2.75, 3.05) is 16.4 Å². The molecule has 0 bridgehead atoms. The highest BCUT2D eigenvalue weighted by atomic mass is 35.5. The second-order valence-corrected chi connectivity index (χ2v) is 10.4. The zero-order valence-electron chi connectivity index (χ0n) is 13.8. The van der Waals surface area contributed by atoms with Gasteiger partial charge in [0.1, 0.15) is 5.82 Å². The van der Waals surface area contributed by atoms with Crippen molar-refractivity contribution in [3.8, 4) is 0 Å². The van der Waals surface area contributed by atoms with Crippen molar-refractivity contribution in [3.05, 3.63) is 29.0 Å². The van der Waals surface area contributed by atoms with Crippen LogP contribution in [0.25, 0.3) is 0 Å². The van der Waals surface area contributed by atoms with Crippen LogP contribution in [0.3, 0.4) is 0 Å². The Balaban J connectivity index is 1.99. The van der Waals surface area contributed by atoms with Gasteiger partial charge in [0.05, 0.1) is 22.6 Å². The SMILES string of the molecule is CC(C)CC(=O)N=C1SC2CS(=O)(=O)CC2N1c1ccc(F)c(Cl)c1. The number of anilines is 1. The van der Waals surface area contributed by atoms with Gasteiger partial charge in [-0.05, 0) is 24.1 Å². The number of nitrogens with zero attached hydrogens (tertiary/aromatic N) is 2. The number of aliphatic imine (C=N–C) groups is 1. The molecule has 0 saturated carbocycles. The Morgan fingerprint density at radius 2 is 2.16 bits per heavy atom. The summed E-state index contributed by atoms with van der Waals surface area (Å²) in [6, 6.07) is 3.86. The molecular formula is C16H18ClFN2O3S2. The molecule has 9 heteroatoms. The summed E-state index contributed by atoms with van der Waals surface area (Å²) in [5.74, 6) is -0.597. The minimum Gasteiger partial charge on any atom is -0.316 e. The average molecular weight is 405 g/mol. The van der Waals surface area contributed by atoms with Crippen molar-refractivity contribution >= 4 is 50.0 Å².